The largest absolute Gasteiger partial charge is 0.379 e. The van der Waals surface area contributed by atoms with Crippen molar-refractivity contribution in [2.45, 2.75) is 24.1 Å². The van der Waals surface area contributed by atoms with Crippen LogP contribution in [0.15, 0.2) is 65.7 Å². The Hall–Kier alpha value is -1.98. The smallest absolute Gasteiger partial charge is 0.112 e. The maximum Gasteiger partial charge on any atom is 0.112 e. The van der Waals surface area contributed by atoms with E-state index in [2.05, 4.69) is 23.3 Å². The van der Waals surface area contributed by atoms with Crippen LogP contribution < -0.4 is 5.32 Å². The number of nitrogens with one attached hydrogen (secondary N) is 1. The van der Waals surface area contributed by atoms with Crippen molar-refractivity contribution in [2.24, 2.45) is 0 Å². The number of hydrogen-bond acceptors (Lipinski definition) is 4. The molecule has 0 aliphatic rings. The van der Waals surface area contributed by atoms with Crippen LogP contribution in [-0.4, -0.2) is 9.19 Å². The van der Waals surface area contributed by atoms with Gasteiger partial charge in [-0.1, -0.05) is 30.3 Å². The average Bonchev–Trinajstić information content (AvgIpc) is 3.00. The van der Waals surface area contributed by atoms with Crippen LogP contribution in [0.1, 0.15) is 15.4 Å². The molecule has 0 aliphatic heterocycles. The third-order valence-electron chi connectivity index (χ3n) is 3.34. The molecule has 0 amide bonds. The first-order chi connectivity index (χ1) is 11.2. The topological polar surface area (TPSA) is 42.0 Å². The Labute approximate surface area is 142 Å². The SMILES string of the molecule is Cc1cnc(CNc2cccc(C[S@@](=O)c3ccccc3)c2)s1. The van der Waals surface area contributed by atoms with Gasteiger partial charge in [-0.05, 0) is 36.8 Å². The molecule has 1 atom stereocenters. The highest BCUT2D eigenvalue weighted by Gasteiger charge is 2.05. The van der Waals surface area contributed by atoms with Gasteiger partial charge in [-0.25, -0.2) is 4.98 Å². The minimum absolute atomic E-state index is 0.524. The van der Waals surface area contributed by atoms with E-state index in [4.69, 9.17) is 0 Å². The summed E-state index contributed by atoms with van der Waals surface area (Å²) in [6.07, 6.45) is 1.89. The van der Waals surface area contributed by atoms with Gasteiger partial charge < -0.3 is 5.32 Å². The number of nitrogens with zero attached hydrogens (tertiary/aromatic N) is 1. The first-order valence-corrected chi connectivity index (χ1v) is 9.52. The maximum absolute atomic E-state index is 12.4. The fourth-order valence-corrected chi connectivity index (χ4v) is 4.08. The quantitative estimate of drug-likeness (QED) is 0.723. The second-order valence-electron chi connectivity index (χ2n) is 5.22. The molecule has 1 heterocycles. The highest BCUT2D eigenvalue weighted by atomic mass is 32.2. The molecule has 23 heavy (non-hydrogen) atoms. The van der Waals surface area contributed by atoms with E-state index in [-0.39, 0.29) is 0 Å². The molecule has 3 aromatic rings. The molecular formula is C18H18N2OS2. The van der Waals surface area contributed by atoms with E-state index in [0.29, 0.717) is 12.3 Å². The fraction of sp³-hybridized carbons (Fsp3) is 0.167. The van der Waals surface area contributed by atoms with Crippen molar-refractivity contribution in [1.29, 1.82) is 0 Å². The van der Waals surface area contributed by atoms with Gasteiger partial charge in [0, 0.05) is 21.7 Å². The number of anilines is 1. The second kappa shape index (κ2) is 7.53. The highest BCUT2D eigenvalue weighted by molar-refractivity contribution is 7.84. The van der Waals surface area contributed by atoms with Crippen molar-refractivity contribution >= 4 is 27.8 Å². The lowest BCUT2D eigenvalue weighted by Crippen LogP contribution is -2.01. The molecule has 0 spiro atoms. The van der Waals surface area contributed by atoms with Gasteiger partial charge in [0.05, 0.1) is 23.1 Å². The zero-order valence-corrected chi connectivity index (χ0v) is 14.5. The van der Waals surface area contributed by atoms with E-state index in [1.54, 1.807) is 11.3 Å². The number of rotatable bonds is 6. The lowest BCUT2D eigenvalue weighted by molar-refractivity contribution is 0.682. The first kappa shape index (κ1) is 15.9. The Morgan fingerprint density at radius 1 is 1.13 bits per heavy atom. The zero-order chi connectivity index (χ0) is 16.1. The van der Waals surface area contributed by atoms with Crippen LogP contribution >= 0.6 is 11.3 Å². The standard InChI is InChI=1S/C18H18N2OS2/c1-14-11-20-18(22-14)12-19-16-7-5-6-15(10-16)13-23(21)17-8-3-2-4-9-17/h2-11,19H,12-13H2,1H3/t23-/m1/s1. The summed E-state index contributed by atoms with van der Waals surface area (Å²) in [6, 6.07) is 17.7. The minimum Gasteiger partial charge on any atom is -0.379 e. The minimum atomic E-state index is -1.02. The molecule has 1 aromatic heterocycles. The van der Waals surface area contributed by atoms with Gasteiger partial charge in [0.1, 0.15) is 5.01 Å². The van der Waals surface area contributed by atoms with Gasteiger partial charge in [-0.2, -0.15) is 0 Å². The number of thiazole rings is 1. The van der Waals surface area contributed by atoms with E-state index in [9.17, 15) is 4.21 Å². The van der Waals surface area contributed by atoms with Crippen LogP contribution in [0.25, 0.3) is 0 Å². The predicted molar refractivity (Wildman–Crippen MR) is 97.2 cm³/mol. The summed E-state index contributed by atoms with van der Waals surface area (Å²) in [5.41, 5.74) is 2.09. The van der Waals surface area contributed by atoms with Crippen LogP contribution in [-0.2, 0) is 23.1 Å². The normalized spacial score (nSPS) is 12.0. The summed E-state index contributed by atoms with van der Waals surface area (Å²) in [4.78, 5) is 6.43. The van der Waals surface area contributed by atoms with E-state index in [1.807, 2.05) is 54.7 Å². The predicted octanol–water partition coefficient (Wildman–Crippen LogP) is 4.37. The highest BCUT2D eigenvalue weighted by Crippen LogP contribution is 2.18. The lowest BCUT2D eigenvalue weighted by atomic mass is 10.2. The lowest BCUT2D eigenvalue weighted by Gasteiger charge is -2.07. The van der Waals surface area contributed by atoms with E-state index in [0.717, 1.165) is 21.2 Å². The number of hydrogen-bond donors (Lipinski definition) is 1. The summed E-state index contributed by atoms with van der Waals surface area (Å²) >= 11 is 1.70. The van der Waals surface area contributed by atoms with Crippen molar-refractivity contribution in [1.82, 2.24) is 4.98 Å². The van der Waals surface area contributed by atoms with Gasteiger partial charge in [-0.15, -0.1) is 11.3 Å². The summed E-state index contributed by atoms with van der Waals surface area (Å²) in [5.74, 6) is 0.524. The third-order valence-corrected chi connectivity index (χ3v) is 5.65. The number of benzene rings is 2. The molecule has 118 valence electrons. The second-order valence-corrected chi connectivity index (χ2v) is 7.99. The van der Waals surface area contributed by atoms with Crippen LogP contribution in [0, 0.1) is 6.92 Å². The van der Waals surface area contributed by atoms with Crippen molar-refractivity contribution in [2.75, 3.05) is 5.32 Å². The molecular weight excluding hydrogens is 324 g/mol. The van der Waals surface area contributed by atoms with E-state index >= 15 is 0 Å². The molecule has 3 nitrogen and oxygen atoms in total. The first-order valence-electron chi connectivity index (χ1n) is 7.38. The molecule has 5 heteroatoms. The Kier molecular flexibility index (Phi) is 5.20. The monoisotopic (exact) mass is 342 g/mol. The van der Waals surface area contributed by atoms with Crippen LogP contribution in [0.3, 0.4) is 0 Å². The van der Waals surface area contributed by atoms with Gasteiger partial charge in [0.25, 0.3) is 0 Å². The number of aryl methyl sites for hydroxylation is 1. The molecule has 3 rings (SSSR count). The third kappa shape index (κ3) is 4.50. The van der Waals surface area contributed by atoms with Crippen molar-refractivity contribution < 1.29 is 4.21 Å². The Morgan fingerprint density at radius 2 is 1.96 bits per heavy atom. The Balaban J connectivity index is 1.64. The molecule has 1 N–H and O–H groups in total. The van der Waals surface area contributed by atoms with Gasteiger partial charge in [0.2, 0.25) is 0 Å². The van der Waals surface area contributed by atoms with E-state index in [1.165, 1.54) is 4.88 Å². The molecule has 0 radical (unpaired) electrons. The molecule has 0 aliphatic carbocycles. The van der Waals surface area contributed by atoms with Crippen LogP contribution in [0.4, 0.5) is 5.69 Å². The Bertz CT molecular complexity index is 800. The van der Waals surface area contributed by atoms with Crippen molar-refractivity contribution in [3.63, 3.8) is 0 Å². The fourth-order valence-electron chi connectivity index (χ4n) is 2.24. The maximum atomic E-state index is 12.4. The van der Waals surface area contributed by atoms with Gasteiger partial charge >= 0.3 is 0 Å². The van der Waals surface area contributed by atoms with E-state index < -0.39 is 10.8 Å². The summed E-state index contributed by atoms with van der Waals surface area (Å²) in [5, 5.41) is 4.45. The van der Waals surface area contributed by atoms with Crippen molar-refractivity contribution in [3.05, 3.63) is 76.2 Å². The molecule has 0 unspecified atom stereocenters. The molecule has 2 aromatic carbocycles. The Morgan fingerprint density at radius 3 is 2.70 bits per heavy atom. The van der Waals surface area contributed by atoms with Gasteiger partial charge in [0.15, 0.2) is 0 Å². The van der Waals surface area contributed by atoms with Crippen molar-refractivity contribution in [3.8, 4) is 0 Å². The van der Waals surface area contributed by atoms with Crippen LogP contribution in [0.5, 0.6) is 0 Å². The summed E-state index contributed by atoms with van der Waals surface area (Å²) < 4.78 is 12.4. The summed E-state index contributed by atoms with van der Waals surface area (Å²) in [6.45, 7) is 2.77. The molecule has 0 saturated carbocycles. The summed E-state index contributed by atoms with van der Waals surface area (Å²) in [7, 11) is -1.02. The zero-order valence-electron chi connectivity index (χ0n) is 12.9. The average molecular weight is 342 g/mol. The molecule has 0 saturated heterocycles. The molecule has 0 bridgehead atoms. The number of aromatic nitrogens is 1. The van der Waals surface area contributed by atoms with Gasteiger partial charge in [-0.3, -0.25) is 4.21 Å². The molecule has 0 fully saturated rings. The van der Waals surface area contributed by atoms with Crippen LogP contribution in [0.2, 0.25) is 0 Å².